The van der Waals surface area contributed by atoms with Gasteiger partial charge in [-0.2, -0.15) is 0 Å². The fourth-order valence-electron chi connectivity index (χ4n) is 1.76. The first kappa shape index (κ1) is 14.8. The molecule has 0 aliphatic carbocycles. The zero-order valence-corrected chi connectivity index (χ0v) is 12.4. The molecule has 2 rings (SSSR count). The predicted molar refractivity (Wildman–Crippen MR) is 82.8 cm³/mol. The van der Waals surface area contributed by atoms with E-state index in [1.807, 2.05) is 13.0 Å². The summed E-state index contributed by atoms with van der Waals surface area (Å²) >= 11 is 10.8. The van der Waals surface area contributed by atoms with Gasteiger partial charge in [-0.15, -0.1) is 0 Å². The minimum absolute atomic E-state index is 0.0259. The lowest BCUT2D eigenvalue weighted by Crippen LogP contribution is -2.13. The molecule has 0 radical (unpaired) electrons. The van der Waals surface area contributed by atoms with Crippen molar-refractivity contribution in [2.24, 2.45) is 5.73 Å². The molecule has 104 valence electrons. The average Bonchev–Trinajstić information content (AvgIpc) is 2.41. The van der Waals surface area contributed by atoms with Crippen LogP contribution >= 0.6 is 23.8 Å². The summed E-state index contributed by atoms with van der Waals surface area (Å²) in [5, 5.41) is 0.488. The molecule has 0 spiro atoms. The standard InChI is InChI=1S/C15H13ClFNOS/c1-9-5-6-12(16)13(7-9)19-8-10-3-2-4-11(14(10)17)15(18)20/h2-7H,8H2,1H3,(H2,18,20). The lowest BCUT2D eigenvalue weighted by molar-refractivity contribution is 0.300. The fraction of sp³-hybridized carbons (Fsp3) is 0.133. The maximum Gasteiger partial charge on any atom is 0.139 e. The van der Waals surface area contributed by atoms with E-state index in [0.29, 0.717) is 16.3 Å². The Balaban J connectivity index is 2.21. The maximum absolute atomic E-state index is 14.1. The van der Waals surface area contributed by atoms with Gasteiger partial charge in [0.05, 0.1) is 5.02 Å². The van der Waals surface area contributed by atoms with Gasteiger partial charge in [0.2, 0.25) is 0 Å². The van der Waals surface area contributed by atoms with E-state index >= 15 is 0 Å². The van der Waals surface area contributed by atoms with Crippen LogP contribution in [0.1, 0.15) is 16.7 Å². The van der Waals surface area contributed by atoms with Crippen molar-refractivity contribution >= 4 is 28.8 Å². The van der Waals surface area contributed by atoms with Crippen LogP contribution in [0.3, 0.4) is 0 Å². The molecule has 2 nitrogen and oxygen atoms in total. The molecule has 20 heavy (non-hydrogen) atoms. The molecule has 0 atom stereocenters. The Labute approximate surface area is 127 Å². The monoisotopic (exact) mass is 309 g/mol. The highest BCUT2D eigenvalue weighted by molar-refractivity contribution is 7.80. The molecule has 2 aromatic rings. The Morgan fingerprint density at radius 1 is 1.35 bits per heavy atom. The fourth-order valence-corrected chi connectivity index (χ4v) is 2.09. The molecule has 0 amide bonds. The smallest absolute Gasteiger partial charge is 0.139 e. The molecule has 0 unspecified atom stereocenters. The highest BCUT2D eigenvalue weighted by Gasteiger charge is 2.11. The molecule has 0 saturated carbocycles. The highest BCUT2D eigenvalue weighted by Crippen LogP contribution is 2.26. The molecule has 0 aromatic heterocycles. The molecule has 2 aromatic carbocycles. The molecule has 5 heteroatoms. The van der Waals surface area contributed by atoms with Crippen LogP contribution in [0.2, 0.25) is 5.02 Å². The zero-order valence-electron chi connectivity index (χ0n) is 10.8. The van der Waals surface area contributed by atoms with E-state index in [2.05, 4.69) is 0 Å². The van der Waals surface area contributed by atoms with Gasteiger partial charge in [-0.05, 0) is 30.7 Å². The van der Waals surface area contributed by atoms with Crippen molar-refractivity contribution in [1.82, 2.24) is 0 Å². The quantitative estimate of drug-likeness (QED) is 0.867. The van der Waals surface area contributed by atoms with Gasteiger partial charge in [0.25, 0.3) is 0 Å². The number of benzene rings is 2. The Kier molecular flexibility index (Phi) is 4.57. The van der Waals surface area contributed by atoms with E-state index in [4.69, 9.17) is 34.3 Å². The first-order valence-corrected chi connectivity index (χ1v) is 6.74. The Hall–Kier alpha value is -1.65. The lowest BCUT2D eigenvalue weighted by atomic mass is 10.1. The van der Waals surface area contributed by atoms with Crippen molar-refractivity contribution in [2.75, 3.05) is 0 Å². The molecular weight excluding hydrogens is 297 g/mol. The topological polar surface area (TPSA) is 35.2 Å². The minimum atomic E-state index is -0.455. The van der Waals surface area contributed by atoms with Gasteiger partial charge in [-0.1, -0.05) is 42.0 Å². The number of hydrogen-bond acceptors (Lipinski definition) is 2. The van der Waals surface area contributed by atoms with Crippen molar-refractivity contribution in [3.05, 3.63) is 63.9 Å². The summed E-state index contributed by atoms with van der Waals surface area (Å²) in [6.07, 6.45) is 0. The first-order valence-electron chi connectivity index (χ1n) is 5.95. The van der Waals surface area contributed by atoms with Crippen LogP contribution in [-0.4, -0.2) is 4.99 Å². The Morgan fingerprint density at radius 3 is 2.80 bits per heavy atom. The number of halogens is 2. The SMILES string of the molecule is Cc1ccc(Cl)c(OCc2cccc(C(N)=S)c2F)c1. The van der Waals surface area contributed by atoms with Gasteiger partial charge in [-0.25, -0.2) is 4.39 Å². The van der Waals surface area contributed by atoms with Crippen LogP contribution in [0.5, 0.6) is 5.75 Å². The Bertz CT molecular complexity index is 660. The van der Waals surface area contributed by atoms with Crippen LogP contribution in [0.25, 0.3) is 0 Å². The summed E-state index contributed by atoms with van der Waals surface area (Å²) < 4.78 is 19.7. The van der Waals surface area contributed by atoms with Crippen LogP contribution in [0.4, 0.5) is 4.39 Å². The van der Waals surface area contributed by atoms with Crippen LogP contribution in [-0.2, 0) is 6.61 Å². The van der Waals surface area contributed by atoms with E-state index in [1.54, 1.807) is 30.3 Å². The van der Waals surface area contributed by atoms with Crippen molar-refractivity contribution in [2.45, 2.75) is 13.5 Å². The lowest BCUT2D eigenvalue weighted by Gasteiger charge is -2.11. The van der Waals surface area contributed by atoms with E-state index in [-0.39, 0.29) is 17.2 Å². The molecule has 2 N–H and O–H groups in total. The second-order valence-electron chi connectivity index (χ2n) is 4.37. The summed E-state index contributed by atoms with van der Waals surface area (Å²) in [6.45, 7) is 1.99. The van der Waals surface area contributed by atoms with Gasteiger partial charge in [-0.3, -0.25) is 0 Å². The van der Waals surface area contributed by atoms with Crippen molar-refractivity contribution in [3.63, 3.8) is 0 Å². The number of hydrogen-bond donors (Lipinski definition) is 1. The van der Waals surface area contributed by atoms with Gasteiger partial charge >= 0.3 is 0 Å². The molecule has 0 heterocycles. The third-order valence-electron chi connectivity index (χ3n) is 2.81. The third kappa shape index (κ3) is 3.26. The van der Waals surface area contributed by atoms with Crippen LogP contribution in [0, 0.1) is 12.7 Å². The molecule has 0 aliphatic rings. The number of ether oxygens (including phenoxy) is 1. The van der Waals surface area contributed by atoms with E-state index in [0.717, 1.165) is 5.56 Å². The number of nitrogens with two attached hydrogens (primary N) is 1. The minimum Gasteiger partial charge on any atom is -0.487 e. The molecule has 0 aliphatic heterocycles. The van der Waals surface area contributed by atoms with E-state index < -0.39 is 5.82 Å². The highest BCUT2D eigenvalue weighted by atomic mass is 35.5. The number of rotatable bonds is 4. The van der Waals surface area contributed by atoms with Crippen LogP contribution in [0.15, 0.2) is 36.4 Å². The first-order chi connectivity index (χ1) is 9.49. The zero-order chi connectivity index (χ0) is 14.7. The van der Waals surface area contributed by atoms with Crippen molar-refractivity contribution in [1.29, 1.82) is 0 Å². The molecule has 0 fully saturated rings. The second kappa shape index (κ2) is 6.20. The Morgan fingerprint density at radius 2 is 2.10 bits per heavy atom. The van der Waals surface area contributed by atoms with Gasteiger partial charge in [0.15, 0.2) is 0 Å². The summed E-state index contributed by atoms with van der Waals surface area (Å²) in [6, 6.07) is 10.3. The normalized spacial score (nSPS) is 10.3. The van der Waals surface area contributed by atoms with Crippen molar-refractivity contribution < 1.29 is 9.13 Å². The summed E-state index contributed by atoms with van der Waals surface area (Å²) in [5.74, 6) is 0.0653. The van der Waals surface area contributed by atoms with E-state index in [1.165, 1.54) is 0 Å². The number of aryl methyl sites for hydroxylation is 1. The predicted octanol–water partition coefficient (Wildman–Crippen LogP) is 4.00. The van der Waals surface area contributed by atoms with Crippen molar-refractivity contribution in [3.8, 4) is 5.75 Å². The summed E-state index contributed by atoms with van der Waals surface area (Å²) in [7, 11) is 0. The molecule has 0 saturated heterocycles. The number of thiocarbonyl (C=S) groups is 1. The summed E-state index contributed by atoms with van der Waals surface area (Å²) in [5.41, 5.74) is 7.08. The average molecular weight is 310 g/mol. The summed E-state index contributed by atoms with van der Waals surface area (Å²) in [4.78, 5) is 0.0259. The largest absolute Gasteiger partial charge is 0.487 e. The van der Waals surface area contributed by atoms with E-state index in [9.17, 15) is 4.39 Å². The molecule has 0 bridgehead atoms. The maximum atomic E-state index is 14.1. The van der Waals surface area contributed by atoms with Gasteiger partial charge < -0.3 is 10.5 Å². The third-order valence-corrected chi connectivity index (χ3v) is 3.35. The molecular formula is C15H13ClFNOS. The second-order valence-corrected chi connectivity index (χ2v) is 5.21. The van der Waals surface area contributed by atoms with Gasteiger partial charge in [0, 0.05) is 11.1 Å². The van der Waals surface area contributed by atoms with Crippen LogP contribution < -0.4 is 10.5 Å². The van der Waals surface area contributed by atoms with Gasteiger partial charge in [0.1, 0.15) is 23.2 Å².